The molecule has 152 valence electrons. The number of Topliss-reactive ketones (excluding diaryl/α,β-unsaturated/α-hetero) is 1. The van der Waals surface area contributed by atoms with Crippen molar-refractivity contribution < 1.29 is 19.6 Å². The van der Waals surface area contributed by atoms with Crippen LogP contribution in [0.15, 0.2) is 47.4 Å². The molecule has 1 aliphatic heterocycles. The first kappa shape index (κ1) is 21.1. The fraction of sp³-hybridized carbons (Fsp3) is 0.318. The molecule has 0 spiro atoms. The number of aryl methyl sites for hydroxylation is 1. The van der Waals surface area contributed by atoms with E-state index >= 15 is 0 Å². The van der Waals surface area contributed by atoms with Gasteiger partial charge in [-0.25, -0.2) is 5.48 Å². The standard InChI is InChI=1S/C22H24N2O4S/c1-3-4-18(25)16-9-10-17-19(12-16)29-20(11-15-7-5-14(2)6-8-15)22(27)24(17)13-21(26)23-28/h5-10,12,20,28H,3-4,11,13H2,1-2H3,(H,23,26). The highest BCUT2D eigenvalue weighted by Crippen LogP contribution is 2.41. The van der Waals surface area contributed by atoms with Crippen molar-refractivity contribution in [1.82, 2.24) is 5.48 Å². The average molecular weight is 413 g/mol. The number of thioether (sulfide) groups is 1. The van der Waals surface area contributed by atoms with E-state index in [4.69, 9.17) is 5.21 Å². The number of nitrogens with zero attached hydrogens (tertiary/aromatic N) is 1. The smallest absolute Gasteiger partial charge is 0.263 e. The van der Waals surface area contributed by atoms with Gasteiger partial charge < -0.3 is 4.90 Å². The molecule has 0 saturated heterocycles. The quantitative estimate of drug-likeness (QED) is 0.413. The number of carbonyl (C=O) groups is 3. The van der Waals surface area contributed by atoms with E-state index < -0.39 is 11.2 Å². The third kappa shape index (κ3) is 4.86. The van der Waals surface area contributed by atoms with Crippen molar-refractivity contribution in [1.29, 1.82) is 0 Å². The zero-order chi connectivity index (χ0) is 21.0. The van der Waals surface area contributed by atoms with Crippen molar-refractivity contribution in [2.75, 3.05) is 11.4 Å². The maximum absolute atomic E-state index is 13.1. The Labute approximate surface area is 174 Å². The predicted octanol–water partition coefficient (Wildman–Crippen LogP) is 3.53. The van der Waals surface area contributed by atoms with Gasteiger partial charge in [-0.15, -0.1) is 11.8 Å². The minimum absolute atomic E-state index is 0.0579. The van der Waals surface area contributed by atoms with Crippen LogP contribution in [0, 0.1) is 6.92 Å². The second kappa shape index (κ2) is 9.24. The topological polar surface area (TPSA) is 86.7 Å². The number of fused-ring (bicyclic) bond motifs is 1. The van der Waals surface area contributed by atoms with Gasteiger partial charge in [0.25, 0.3) is 5.91 Å². The molecular formula is C22H24N2O4S. The second-order valence-corrected chi connectivity index (χ2v) is 8.36. The molecule has 1 unspecified atom stereocenters. The predicted molar refractivity (Wildman–Crippen MR) is 112 cm³/mol. The zero-order valence-electron chi connectivity index (χ0n) is 16.5. The summed E-state index contributed by atoms with van der Waals surface area (Å²) in [6.45, 7) is 3.68. The number of rotatable bonds is 7. The molecule has 6 nitrogen and oxygen atoms in total. The fourth-order valence-corrected chi connectivity index (χ4v) is 4.59. The Hall–Kier alpha value is -2.64. The van der Waals surface area contributed by atoms with E-state index in [2.05, 4.69) is 0 Å². The summed E-state index contributed by atoms with van der Waals surface area (Å²) < 4.78 is 0. The SMILES string of the molecule is CCCC(=O)c1ccc2c(c1)SC(Cc1ccc(C)cc1)C(=O)N2CC(=O)NO. The Kier molecular flexibility index (Phi) is 6.71. The van der Waals surface area contributed by atoms with Gasteiger partial charge in [-0.1, -0.05) is 36.8 Å². The third-order valence-corrected chi connectivity index (χ3v) is 6.06. The maximum Gasteiger partial charge on any atom is 0.263 e. The summed E-state index contributed by atoms with van der Waals surface area (Å²) in [7, 11) is 0. The molecule has 2 N–H and O–H groups in total. The number of ketones is 1. The highest BCUT2D eigenvalue weighted by Gasteiger charge is 2.35. The molecule has 0 aromatic heterocycles. The number of carbonyl (C=O) groups excluding carboxylic acids is 3. The molecule has 1 atom stereocenters. The number of hydrogen-bond donors (Lipinski definition) is 2. The zero-order valence-corrected chi connectivity index (χ0v) is 17.3. The van der Waals surface area contributed by atoms with Gasteiger partial charge in [0.1, 0.15) is 6.54 Å². The maximum atomic E-state index is 13.1. The van der Waals surface area contributed by atoms with Crippen LogP contribution < -0.4 is 10.4 Å². The summed E-state index contributed by atoms with van der Waals surface area (Å²) in [6, 6.07) is 13.2. The summed E-state index contributed by atoms with van der Waals surface area (Å²) >= 11 is 1.41. The van der Waals surface area contributed by atoms with Crippen molar-refractivity contribution in [2.45, 2.75) is 43.3 Å². The van der Waals surface area contributed by atoms with Crippen molar-refractivity contribution in [3.63, 3.8) is 0 Å². The van der Waals surface area contributed by atoms with E-state index in [-0.39, 0.29) is 18.2 Å². The Morgan fingerprint density at radius 3 is 2.55 bits per heavy atom. The van der Waals surface area contributed by atoms with Crippen LogP contribution in [-0.4, -0.2) is 34.6 Å². The van der Waals surface area contributed by atoms with Gasteiger partial charge in [-0.3, -0.25) is 19.6 Å². The number of nitrogens with one attached hydrogen (secondary N) is 1. The largest absolute Gasteiger partial charge is 0.301 e. The Balaban J connectivity index is 1.94. The summed E-state index contributed by atoms with van der Waals surface area (Å²) in [5.41, 5.74) is 4.94. The first-order chi connectivity index (χ1) is 13.9. The molecule has 7 heteroatoms. The Morgan fingerprint density at radius 2 is 1.90 bits per heavy atom. The third-order valence-electron chi connectivity index (χ3n) is 4.83. The number of hydrogen-bond acceptors (Lipinski definition) is 5. The highest BCUT2D eigenvalue weighted by molar-refractivity contribution is 8.01. The van der Waals surface area contributed by atoms with E-state index in [1.54, 1.807) is 23.7 Å². The van der Waals surface area contributed by atoms with E-state index in [0.717, 1.165) is 22.4 Å². The number of hydroxylamine groups is 1. The summed E-state index contributed by atoms with van der Waals surface area (Å²) in [4.78, 5) is 39.4. The van der Waals surface area contributed by atoms with Gasteiger partial charge in [0.15, 0.2) is 5.78 Å². The van der Waals surface area contributed by atoms with Crippen LogP contribution in [0.3, 0.4) is 0 Å². The van der Waals surface area contributed by atoms with Crippen LogP contribution in [0.2, 0.25) is 0 Å². The van der Waals surface area contributed by atoms with Crippen LogP contribution >= 0.6 is 11.8 Å². The number of benzene rings is 2. The molecule has 2 amide bonds. The molecule has 0 bridgehead atoms. The molecule has 0 saturated carbocycles. The second-order valence-electron chi connectivity index (χ2n) is 7.11. The van der Waals surface area contributed by atoms with E-state index in [9.17, 15) is 14.4 Å². The van der Waals surface area contributed by atoms with Crippen LogP contribution in [0.4, 0.5) is 5.69 Å². The molecule has 1 heterocycles. The van der Waals surface area contributed by atoms with E-state index in [1.807, 2.05) is 38.1 Å². The lowest BCUT2D eigenvalue weighted by Gasteiger charge is -2.33. The van der Waals surface area contributed by atoms with Crippen molar-refractivity contribution >= 4 is 35.0 Å². The highest BCUT2D eigenvalue weighted by atomic mass is 32.2. The lowest BCUT2D eigenvalue weighted by molar-refractivity contribution is -0.129. The molecule has 0 fully saturated rings. The van der Waals surface area contributed by atoms with Crippen molar-refractivity contribution in [3.8, 4) is 0 Å². The number of anilines is 1. The van der Waals surface area contributed by atoms with Crippen molar-refractivity contribution in [2.24, 2.45) is 0 Å². The molecule has 3 rings (SSSR count). The van der Waals surface area contributed by atoms with Gasteiger partial charge in [0.05, 0.1) is 10.9 Å². The monoisotopic (exact) mass is 412 g/mol. The molecule has 0 aliphatic carbocycles. The van der Waals surface area contributed by atoms with Gasteiger partial charge in [-0.2, -0.15) is 0 Å². The Bertz CT molecular complexity index is 927. The number of amides is 2. The van der Waals surface area contributed by atoms with Crippen molar-refractivity contribution in [3.05, 3.63) is 59.2 Å². The van der Waals surface area contributed by atoms with Gasteiger partial charge in [-0.05, 0) is 43.5 Å². The average Bonchev–Trinajstić information content (AvgIpc) is 2.72. The summed E-state index contributed by atoms with van der Waals surface area (Å²) in [5, 5.41) is 8.49. The van der Waals surface area contributed by atoms with E-state index in [0.29, 0.717) is 24.1 Å². The van der Waals surface area contributed by atoms with Crippen LogP contribution in [0.1, 0.15) is 41.3 Å². The van der Waals surface area contributed by atoms with Crippen LogP contribution in [0.5, 0.6) is 0 Å². The molecule has 2 aromatic carbocycles. The molecule has 29 heavy (non-hydrogen) atoms. The summed E-state index contributed by atoms with van der Waals surface area (Å²) in [6.07, 6.45) is 1.74. The normalized spacial score (nSPS) is 15.8. The molecule has 0 radical (unpaired) electrons. The first-order valence-corrected chi connectivity index (χ1v) is 10.4. The molecule has 1 aliphatic rings. The van der Waals surface area contributed by atoms with Gasteiger partial charge in [0.2, 0.25) is 5.91 Å². The minimum Gasteiger partial charge on any atom is -0.301 e. The van der Waals surface area contributed by atoms with E-state index in [1.165, 1.54) is 16.7 Å². The first-order valence-electron chi connectivity index (χ1n) is 9.56. The van der Waals surface area contributed by atoms with Gasteiger partial charge in [0, 0.05) is 16.9 Å². The lowest BCUT2D eigenvalue weighted by atomic mass is 10.0. The molecule has 2 aromatic rings. The van der Waals surface area contributed by atoms with Crippen LogP contribution in [0.25, 0.3) is 0 Å². The Morgan fingerprint density at radius 1 is 1.17 bits per heavy atom. The lowest BCUT2D eigenvalue weighted by Crippen LogP contribution is -2.46. The van der Waals surface area contributed by atoms with Gasteiger partial charge >= 0.3 is 0 Å². The minimum atomic E-state index is -0.670. The molecular weight excluding hydrogens is 388 g/mol. The van der Waals surface area contributed by atoms with Crippen LogP contribution in [-0.2, 0) is 16.0 Å². The summed E-state index contributed by atoms with van der Waals surface area (Å²) in [5.74, 6) is -0.807. The fourth-order valence-electron chi connectivity index (χ4n) is 3.28.